The lowest BCUT2D eigenvalue weighted by molar-refractivity contribution is 0.444. The maximum Gasteiger partial charge on any atom is 0.0597 e. The van der Waals surface area contributed by atoms with E-state index in [1.54, 1.807) is 0 Å². The van der Waals surface area contributed by atoms with E-state index in [9.17, 15) is 0 Å². The van der Waals surface area contributed by atoms with E-state index in [-0.39, 0.29) is 0 Å². The Morgan fingerprint density at radius 2 is 2.10 bits per heavy atom. The van der Waals surface area contributed by atoms with Gasteiger partial charge in [-0.1, -0.05) is 37.3 Å². The molecule has 3 rings (SSSR count). The van der Waals surface area contributed by atoms with Crippen molar-refractivity contribution in [1.29, 1.82) is 0 Å². The summed E-state index contributed by atoms with van der Waals surface area (Å²) in [5.41, 5.74) is 3.90. The van der Waals surface area contributed by atoms with Crippen molar-refractivity contribution in [3.63, 3.8) is 0 Å². The van der Waals surface area contributed by atoms with Gasteiger partial charge in [0.2, 0.25) is 0 Å². The molecule has 1 aromatic carbocycles. The van der Waals surface area contributed by atoms with Crippen LogP contribution in [0.5, 0.6) is 0 Å². The highest BCUT2D eigenvalue weighted by molar-refractivity contribution is 5.29. The molecule has 0 aliphatic heterocycles. The number of nitrogens with zero attached hydrogens (tertiary/aromatic N) is 2. The molecular weight excluding hydrogens is 258 g/mol. The molecule has 1 N–H and O–H groups in total. The molecule has 1 heterocycles. The summed E-state index contributed by atoms with van der Waals surface area (Å²) in [4.78, 5) is 0. The number of hydrogen-bond donors (Lipinski definition) is 1. The summed E-state index contributed by atoms with van der Waals surface area (Å²) in [5.74, 6) is 1.38. The Kier molecular flexibility index (Phi) is 4.11. The Balaban J connectivity index is 1.80. The fourth-order valence-corrected chi connectivity index (χ4v) is 3.36. The van der Waals surface area contributed by atoms with Crippen LogP contribution in [0.2, 0.25) is 0 Å². The van der Waals surface area contributed by atoms with Crippen LogP contribution in [-0.4, -0.2) is 16.3 Å². The summed E-state index contributed by atoms with van der Waals surface area (Å²) in [6.07, 6.45) is 2.44. The predicted molar refractivity (Wildman–Crippen MR) is 86.3 cm³/mol. The van der Waals surface area contributed by atoms with Crippen molar-refractivity contribution in [1.82, 2.24) is 15.1 Å². The van der Waals surface area contributed by atoms with E-state index < -0.39 is 0 Å². The summed E-state index contributed by atoms with van der Waals surface area (Å²) in [6.45, 7) is 5.36. The minimum atomic E-state index is 0.418. The monoisotopic (exact) mass is 283 g/mol. The zero-order valence-electron chi connectivity index (χ0n) is 13.2. The van der Waals surface area contributed by atoms with Gasteiger partial charge in [-0.15, -0.1) is 0 Å². The second kappa shape index (κ2) is 6.02. The molecule has 0 bridgehead atoms. The van der Waals surface area contributed by atoms with Crippen LogP contribution in [0.15, 0.2) is 36.4 Å². The van der Waals surface area contributed by atoms with Gasteiger partial charge in [0.15, 0.2) is 0 Å². The highest BCUT2D eigenvalue weighted by Gasteiger charge is 2.45. The first kappa shape index (κ1) is 14.3. The van der Waals surface area contributed by atoms with E-state index >= 15 is 0 Å². The average molecular weight is 283 g/mol. The minimum absolute atomic E-state index is 0.418. The van der Waals surface area contributed by atoms with Crippen molar-refractivity contribution in [2.75, 3.05) is 6.54 Å². The second-order valence-corrected chi connectivity index (χ2v) is 6.18. The molecule has 1 saturated carbocycles. The highest BCUT2D eigenvalue weighted by Crippen LogP contribution is 2.54. The number of nitrogens with one attached hydrogen (secondary N) is 1. The van der Waals surface area contributed by atoms with E-state index in [0.29, 0.717) is 17.9 Å². The fourth-order valence-electron chi connectivity index (χ4n) is 3.36. The lowest BCUT2D eigenvalue weighted by Gasteiger charge is -2.19. The maximum absolute atomic E-state index is 4.52. The zero-order valence-corrected chi connectivity index (χ0v) is 13.2. The van der Waals surface area contributed by atoms with Gasteiger partial charge in [0.05, 0.1) is 17.4 Å². The number of benzene rings is 1. The van der Waals surface area contributed by atoms with Crippen LogP contribution in [0, 0.1) is 12.8 Å². The van der Waals surface area contributed by atoms with Crippen molar-refractivity contribution >= 4 is 0 Å². The molecule has 112 valence electrons. The summed E-state index contributed by atoms with van der Waals surface area (Å²) < 4.78 is 2.04. The molecule has 0 radical (unpaired) electrons. The van der Waals surface area contributed by atoms with Crippen LogP contribution in [0.1, 0.15) is 48.7 Å². The van der Waals surface area contributed by atoms with Crippen molar-refractivity contribution in [2.45, 2.75) is 38.6 Å². The first-order valence-corrected chi connectivity index (χ1v) is 7.99. The molecule has 0 saturated heterocycles. The van der Waals surface area contributed by atoms with E-state index in [1.165, 1.54) is 17.7 Å². The Hall–Kier alpha value is -1.61. The number of hydrogen-bond acceptors (Lipinski definition) is 2. The van der Waals surface area contributed by atoms with Gasteiger partial charge in [0.25, 0.3) is 0 Å². The molecule has 21 heavy (non-hydrogen) atoms. The lowest BCUT2D eigenvalue weighted by atomic mass is 10.0. The molecule has 3 unspecified atom stereocenters. The van der Waals surface area contributed by atoms with E-state index in [2.05, 4.69) is 67.7 Å². The third kappa shape index (κ3) is 3.03. The molecule has 0 spiro atoms. The van der Waals surface area contributed by atoms with Crippen LogP contribution in [-0.2, 0) is 7.05 Å². The van der Waals surface area contributed by atoms with E-state index in [4.69, 9.17) is 0 Å². The molecule has 3 nitrogen and oxygen atoms in total. The number of rotatable bonds is 6. The quantitative estimate of drug-likeness (QED) is 0.878. The van der Waals surface area contributed by atoms with Gasteiger partial charge in [0, 0.05) is 7.05 Å². The van der Waals surface area contributed by atoms with Crippen LogP contribution in [0.3, 0.4) is 0 Å². The first-order chi connectivity index (χ1) is 10.2. The zero-order chi connectivity index (χ0) is 14.8. The molecule has 1 aliphatic rings. The molecular formula is C18H25N3. The van der Waals surface area contributed by atoms with Gasteiger partial charge >= 0.3 is 0 Å². The fraction of sp³-hybridized carbons (Fsp3) is 0.500. The Morgan fingerprint density at radius 3 is 2.71 bits per heavy atom. The van der Waals surface area contributed by atoms with Crippen LogP contribution >= 0.6 is 0 Å². The van der Waals surface area contributed by atoms with Gasteiger partial charge in [-0.25, -0.2) is 0 Å². The van der Waals surface area contributed by atoms with Gasteiger partial charge in [-0.05, 0) is 49.8 Å². The Morgan fingerprint density at radius 1 is 1.33 bits per heavy atom. The van der Waals surface area contributed by atoms with Crippen molar-refractivity contribution < 1.29 is 0 Å². The summed E-state index contributed by atoms with van der Waals surface area (Å²) >= 11 is 0. The van der Waals surface area contributed by atoms with Gasteiger partial charge in [0.1, 0.15) is 0 Å². The smallest absolute Gasteiger partial charge is 0.0597 e. The van der Waals surface area contributed by atoms with Gasteiger partial charge in [-0.2, -0.15) is 5.10 Å². The molecule has 1 fully saturated rings. The van der Waals surface area contributed by atoms with Gasteiger partial charge < -0.3 is 5.32 Å². The van der Waals surface area contributed by atoms with Crippen LogP contribution in [0.25, 0.3) is 0 Å². The molecule has 3 heteroatoms. The molecule has 3 atom stereocenters. The third-order valence-corrected chi connectivity index (χ3v) is 4.47. The Labute approximate surface area is 127 Å². The maximum atomic E-state index is 4.52. The minimum Gasteiger partial charge on any atom is -0.308 e. The van der Waals surface area contributed by atoms with Crippen LogP contribution in [0.4, 0.5) is 0 Å². The first-order valence-electron chi connectivity index (χ1n) is 7.99. The molecule has 0 amide bonds. The van der Waals surface area contributed by atoms with Crippen molar-refractivity contribution in [3.05, 3.63) is 53.3 Å². The summed E-state index contributed by atoms with van der Waals surface area (Å²) in [7, 11) is 2.06. The second-order valence-electron chi connectivity index (χ2n) is 6.18. The van der Waals surface area contributed by atoms with Crippen molar-refractivity contribution in [3.8, 4) is 0 Å². The average Bonchev–Trinajstić information content (AvgIpc) is 3.20. The Bertz CT molecular complexity index is 588. The van der Waals surface area contributed by atoms with E-state index in [0.717, 1.165) is 18.7 Å². The SMILES string of the molecule is CCCNC(c1cc(C)nn1C)C1CC1c1ccccc1. The number of aryl methyl sites for hydroxylation is 2. The largest absolute Gasteiger partial charge is 0.308 e. The van der Waals surface area contributed by atoms with Crippen LogP contribution < -0.4 is 5.32 Å². The normalized spacial score (nSPS) is 22.2. The van der Waals surface area contributed by atoms with E-state index in [1.807, 2.05) is 4.68 Å². The molecule has 2 aromatic rings. The molecule has 1 aliphatic carbocycles. The highest BCUT2D eigenvalue weighted by atomic mass is 15.3. The summed E-state index contributed by atoms with van der Waals surface area (Å²) in [6, 6.07) is 13.6. The van der Waals surface area contributed by atoms with Gasteiger partial charge in [-0.3, -0.25) is 4.68 Å². The third-order valence-electron chi connectivity index (χ3n) is 4.47. The molecule has 1 aromatic heterocycles. The van der Waals surface area contributed by atoms with Crippen molar-refractivity contribution in [2.24, 2.45) is 13.0 Å². The summed E-state index contributed by atoms with van der Waals surface area (Å²) in [5, 5.41) is 8.27. The number of aromatic nitrogens is 2. The predicted octanol–water partition coefficient (Wildman–Crippen LogP) is 3.57. The topological polar surface area (TPSA) is 29.9 Å². The lowest BCUT2D eigenvalue weighted by Crippen LogP contribution is -2.26. The standard InChI is InChI=1S/C18H25N3/c1-4-10-19-18(17-11-13(2)20-21(17)3)16-12-15(16)14-8-6-5-7-9-14/h5-9,11,15-16,18-19H,4,10,12H2,1-3H3.